The molecule has 0 saturated heterocycles. The molecule has 9 aromatic rings. The first kappa shape index (κ1) is 66.4. The Kier molecular flexibility index (Phi) is 22.2. The molecular weight excluding hydrogens is 1620 g/mol. The minimum atomic E-state index is -4.46. The van der Waals surface area contributed by atoms with Gasteiger partial charge in [0.05, 0.1) is 47.6 Å². The Balaban J connectivity index is 0.000000180. The number of rotatable bonds is 9. The minimum absolute atomic E-state index is 0.413. The van der Waals surface area contributed by atoms with Gasteiger partial charge in [0.1, 0.15) is 10.9 Å². The highest BCUT2D eigenvalue weighted by Crippen LogP contribution is 2.42. The van der Waals surface area contributed by atoms with E-state index in [-0.39, 0.29) is 0 Å². The number of alkyl halides is 12. The predicted molar refractivity (Wildman–Crippen MR) is 329 cm³/mol. The zero-order chi connectivity index (χ0) is 60.9. The van der Waals surface area contributed by atoms with Gasteiger partial charge in [0.15, 0.2) is 61.5 Å². The van der Waals surface area contributed by atoms with Crippen LogP contribution in [0.3, 0.4) is 0 Å². The molecule has 0 saturated carbocycles. The average Bonchev–Trinajstić information content (AvgIpc) is 3.54. The molecule has 432 valence electrons. The van der Waals surface area contributed by atoms with Crippen molar-refractivity contribution in [1.29, 1.82) is 0 Å². The van der Waals surface area contributed by atoms with Crippen LogP contribution in [0.2, 0.25) is 0 Å². The Bertz CT molecular complexity index is 3460. The summed E-state index contributed by atoms with van der Waals surface area (Å²) >= 11 is 8.69. The lowest BCUT2D eigenvalue weighted by atomic mass is 10.2. The lowest BCUT2D eigenvalue weighted by molar-refractivity contribution is -0.138. The molecule has 0 aliphatic heterocycles. The lowest BCUT2D eigenvalue weighted by Crippen LogP contribution is -2.11. The van der Waals surface area contributed by atoms with E-state index in [2.05, 4.69) is 90.4 Å². The monoisotopic (exact) mass is 1660 g/mol. The predicted octanol–water partition coefficient (Wildman–Crippen LogP) is 22.2. The first-order valence-electron chi connectivity index (χ1n) is 23.9. The summed E-state index contributed by atoms with van der Waals surface area (Å²) in [6, 6.07) is 46.5. The van der Waals surface area contributed by atoms with Gasteiger partial charge in [-0.05, 0) is 275 Å². The van der Waals surface area contributed by atoms with Gasteiger partial charge in [0.25, 0.3) is 0 Å². The number of hydrogen-bond acceptors (Lipinski definition) is 0. The Hall–Kier alpha value is -4.10. The second-order valence-corrected chi connectivity index (χ2v) is 28.8. The molecule has 0 nitrogen and oxygen atoms in total. The second kappa shape index (κ2) is 27.7. The van der Waals surface area contributed by atoms with Crippen molar-refractivity contribution in [3.05, 3.63) is 259 Å². The molecule has 0 radical (unpaired) electrons. The van der Waals surface area contributed by atoms with Crippen LogP contribution in [0.15, 0.2) is 232 Å². The average molecular weight is 1660 g/mol. The third-order valence-corrected chi connectivity index (χ3v) is 22.2. The largest absolute Gasteiger partial charge is 0.416 e. The molecular formula is C61H40F15I4S3+3. The van der Waals surface area contributed by atoms with Crippen LogP contribution >= 0.6 is 90.4 Å². The smallest absolute Gasteiger partial charge is 0.203 e. The maximum absolute atomic E-state index is 13.7. The van der Waals surface area contributed by atoms with Crippen molar-refractivity contribution in [3.63, 3.8) is 0 Å². The molecule has 83 heavy (non-hydrogen) atoms. The van der Waals surface area contributed by atoms with Crippen molar-refractivity contribution in [1.82, 2.24) is 0 Å². The van der Waals surface area contributed by atoms with Crippen molar-refractivity contribution in [2.24, 2.45) is 0 Å². The van der Waals surface area contributed by atoms with Gasteiger partial charge >= 0.3 is 24.7 Å². The van der Waals surface area contributed by atoms with Gasteiger partial charge in [-0.2, -0.15) is 52.7 Å². The summed E-state index contributed by atoms with van der Waals surface area (Å²) in [5.41, 5.74) is -0.128. The fraction of sp³-hybridized carbons (Fsp3) is 0.115. The van der Waals surface area contributed by atoms with E-state index in [0.717, 1.165) is 111 Å². The number of halogens is 19. The van der Waals surface area contributed by atoms with Crippen molar-refractivity contribution >= 4 is 123 Å². The van der Waals surface area contributed by atoms with Crippen LogP contribution in [-0.2, 0) is 57.4 Å². The molecule has 0 amide bonds. The van der Waals surface area contributed by atoms with E-state index in [4.69, 9.17) is 0 Å². The van der Waals surface area contributed by atoms with Crippen molar-refractivity contribution < 1.29 is 65.9 Å². The molecule has 22 heteroatoms. The van der Waals surface area contributed by atoms with Gasteiger partial charge in [0, 0.05) is 34.0 Å². The highest BCUT2D eigenvalue weighted by molar-refractivity contribution is 14.1. The molecule has 1 atom stereocenters. The Morgan fingerprint density at radius 1 is 0.301 bits per heavy atom. The highest BCUT2D eigenvalue weighted by atomic mass is 127. The second-order valence-electron chi connectivity index (χ2n) is 17.9. The standard InChI is InChI=1S/C21H13F6I2S.C21H14F6IS.C19H13F3IS/c1-12-10-15(28)11-18(29)19(12)30(16-6-2-13(3-7-16)20(22,23)24)17-8-4-14(5-9-17)21(25,26)27;1-13-12-16(28)6-11-19(13)29(17-7-2-14(3-8-17)20(22,23)24)18-9-4-15(5-10-18)21(25,26)27;1-12-2-6-14(7-3-12)24(15-8-4-13(23)5-9-15)16-10-17(20)19(22)18(21)11-16/h2-11H,1H3;2-12H,1H3;2-11H,1H3/q3*+1. The molecule has 0 bridgehead atoms. The van der Waals surface area contributed by atoms with Gasteiger partial charge in [-0.25, -0.2) is 13.2 Å². The molecule has 1 unspecified atom stereocenters. The fourth-order valence-electron chi connectivity index (χ4n) is 7.97. The summed E-state index contributed by atoms with van der Waals surface area (Å²) in [5.74, 6) is -3.77. The van der Waals surface area contributed by atoms with E-state index in [1.807, 2.05) is 99.6 Å². The molecule has 9 aromatic carbocycles. The lowest BCUT2D eigenvalue weighted by Gasteiger charge is -2.14. The molecule has 0 aliphatic carbocycles. The Labute approximate surface area is 531 Å². The zero-order valence-electron chi connectivity index (χ0n) is 42.8. The quantitative estimate of drug-likeness (QED) is 0.0585. The first-order chi connectivity index (χ1) is 38.8. The molecule has 0 spiro atoms. The molecule has 0 heterocycles. The number of aryl methyl sites for hydroxylation is 3. The van der Waals surface area contributed by atoms with E-state index in [0.29, 0.717) is 24.5 Å². The summed E-state index contributed by atoms with van der Waals surface area (Å²) in [6.07, 6.45) is -17.8. The van der Waals surface area contributed by atoms with E-state index < -0.39 is 97.1 Å². The third-order valence-electron chi connectivity index (χ3n) is 11.9. The molecule has 0 fully saturated rings. The normalized spacial score (nSPS) is 12.4. The summed E-state index contributed by atoms with van der Waals surface area (Å²) in [4.78, 5) is 6.40. The van der Waals surface area contributed by atoms with Crippen LogP contribution < -0.4 is 0 Å². The maximum Gasteiger partial charge on any atom is 0.416 e. The first-order valence-corrected chi connectivity index (χ1v) is 31.9. The van der Waals surface area contributed by atoms with E-state index in [1.165, 1.54) is 48.5 Å². The van der Waals surface area contributed by atoms with Crippen LogP contribution in [0.4, 0.5) is 65.9 Å². The van der Waals surface area contributed by atoms with Crippen LogP contribution in [-0.4, -0.2) is 0 Å². The molecule has 9 rings (SSSR count). The summed E-state index contributed by atoms with van der Waals surface area (Å²) in [5, 5.41) is 0. The third kappa shape index (κ3) is 17.3. The fourth-order valence-corrected chi connectivity index (χ4v) is 18.2. The van der Waals surface area contributed by atoms with E-state index in [1.54, 1.807) is 0 Å². The van der Waals surface area contributed by atoms with Gasteiger partial charge in [-0.1, -0.05) is 17.7 Å². The van der Waals surface area contributed by atoms with Crippen LogP contribution in [0.25, 0.3) is 0 Å². The Morgan fingerprint density at radius 3 is 0.964 bits per heavy atom. The molecule has 0 aromatic heterocycles. The maximum atomic E-state index is 13.7. The summed E-state index contributed by atoms with van der Waals surface area (Å²) in [7, 11) is -2.41. The molecule has 0 N–H and O–H groups in total. The van der Waals surface area contributed by atoms with Gasteiger partial charge in [-0.3, -0.25) is 0 Å². The van der Waals surface area contributed by atoms with Gasteiger partial charge in [-0.15, -0.1) is 0 Å². The zero-order valence-corrected chi connectivity index (χ0v) is 53.9. The summed E-state index contributed by atoms with van der Waals surface area (Å²) in [6.45, 7) is 5.75. The van der Waals surface area contributed by atoms with Crippen molar-refractivity contribution in [3.8, 4) is 0 Å². The van der Waals surface area contributed by atoms with Crippen molar-refractivity contribution in [2.75, 3.05) is 0 Å². The van der Waals surface area contributed by atoms with Gasteiger partial charge < -0.3 is 0 Å². The van der Waals surface area contributed by atoms with Crippen LogP contribution in [0.5, 0.6) is 0 Å². The van der Waals surface area contributed by atoms with Crippen molar-refractivity contribution in [2.45, 2.75) is 89.5 Å². The highest BCUT2D eigenvalue weighted by Gasteiger charge is 2.39. The van der Waals surface area contributed by atoms with Gasteiger partial charge in [0.2, 0.25) is 0 Å². The van der Waals surface area contributed by atoms with E-state index in [9.17, 15) is 65.9 Å². The van der Waals surface area contributed by atoms with Crippen LogP contribution in [0.1, 0.15) is 38.9 Å². The number of benzene rings is 9. The summed E-state index contributed by atoms with van der Waals surface area (Å²) < 4.78 is 200. The van der Waals surface area contributed by atoms with Crippen LogP contribution in [0, 0.1) is 52.5 Å². The Morgan fingerprint density at radius 2 is 0.614 bits per heavy atom. The minimum Gasteiger partial charge on any atom is -0.203 e. The number of hydrogen-bond donors (Lipinski definition) is 0. The van der Waals surface area contributed by atoms with E-state index >= 15 is 0 Å². The molecule has 0 aliphatic rings. The topological polar surface area (TPSA) is 0 Å². The SMILES string of the molecule is Cc1cc(I)cc(I)c1[S+](c1ccc(C(F)(F)F)cc1)c1ccc(C(F)(F)F)cc1.Cc1cc(I)ccc1[S+](c1ccc(C(F)(F)F)cc1)c1ccc(C(F)(F)F)cc1.Cc1ccc([S+](c2ccc(I)cc2)c2cc(F)c(F)c(F)c2)cc1.